The number of alkyl halides is 1. The molecule has 0 amide bonds. The zero-order valence-electron chi connectivity index (χ0n) is 8.17. The Labute approximate surface area is 89.5 Å². The van der Waals surface area contributed by atoms with Crippen molar-refractivity contribution in [2.45, 2.75) is 26.2 Å². The number of rotatable bonds is 5. The van der Waals surface area contributed by atoms with Crippen LogP contribution in [-0.2, 0) is 6.42 Å². The van der Waals surface area contributed by atoms with Crippen LogP contribution in [0, 0.1) is 5.92 Å². The summed E-state index contributed by atoms with van der Waals surface area (Å²) in [5.41, 5.74) is 1.46. The monoisotopic (exact) mass is 240 g/mol. The average Bonchev–Trinajstić information content (AvgIpc) is 2.17. The molecule has 0 unspecified atom stereocenters. The Kier molecular flexibility index (Phi) is 5.14. The molecule has 1 aromatic rings. The molecule has 1 heteroatoms. The lowest BCUT2D eigenvalue weighted by Crippen LogP contribution is -1.97. The molecule has 0 N–H and O–H groups in total. The molecule has 0 aliphatic rings. The van der Waals surface area contributed by atoms with Crippen LogP contribution >= 0.6 is 15.9 Å². The van der Waals surface area contributed by atoms with Crippen molar-refractivity contribution in [3.8, 4) is 0 Å². The van der Waals surface area contributed by atoms with Crippen molar-refractivity contribution < 1.29 is 0 Å². The van der Waals surface area contributed by atoms with Gasteiger partial charge < -0.3 is 0 Å². The van der Waals surface area contributed by atoms with Crippen molar-refractivity contribution in [3.05, 3.63) is 35.9 Å². The van der Waals surface area contributed by atoms with Crippen LogP contribution in [0.2, 0.25) is 0 Å². The van der Waals surface area contributed by atoms with Gasteiger partial charge in [-0.3, -0.25) is 0 Å². The summed E-state index contributed by atoms with van der Waals surface area (Å²) in [5, 5.41) is 1.13. The van der Waals surface area contributed by atoms with E-state index in [1.165, 1.54) is 24.8 Å². The summed E-state index contributed by atoms with van der Waals surface area (Å²) >= 11 is 3.48. The standard InChI is InChI=1S/C12H17Br/c1-11(9-10-13)7-8-12-5-3-2-4-6-12/h2-6,11H,7-10H2,1H3/t11-/m1/s1. The Morgan fingerprint density at radius 2 is 1.85 bits per heavy atom. The van der Waals surface area contributed by atoms with Crippen LogP contribution in [0.25, 0.3) is 0 Å². The zero-order chi connectivity index (χ0) is 9.52. The Morgan fingerprint density at radius 1 is 1.15 bits per heavy atom. The van der Waals surface area contributed by atoms with Crippen molar-refractivity contribution in [3.63, 3.8) is 0 Å². The Hall–Kier alpha value is -0.300. The van der Waals surface area contributed by atoms with E-state index in [9.17, 15) is 0 Å². The molecule has 72 valence electrons. The third-order valence-corrected chi connectivity index (χ3v) is 2.83. The van der Waals surface area contributed by atoms with Crippen LogP contribution in [0.15, 0.2) is 30.3 Å². The van der Waals surface area contributed by atoms with Crippen LogP contribution in [0.3, 0.4) is 0 Å². The summed E-state index contributed by atoms with van der Waals surface area (Å²) in [6.45, 7) is 2.32. The van der Waals surface area contributed by atoms with Crippen LogP contribution in [0.4, 0.5) is 0 Å². The minimum atomic E-state index is 0.833. The molecule has 0 fully saturated rings. The molecule has 0 radical (unpaired) electrons. The van der Waals surface area contributed by atoms with Crippen LogP contribution in [0.1, 0.15) is 25.3 Å². The van der Waals surface area contributed by atoms with Crippen molar-refractivity contribution in [1.29, 1.82) is 0 Å². The Morgan fingerprint density at radius 3 is 2.46 bits per heavy atom. The Bertz CT molecular complexity index is 218. The van der Waals surface area contributed by atoms with Crippen molar-refractivity contribution in [1.82, 2.24) is 0 Å². The van der Waals surface area contributed by atoms with Gasteiger partial charge in [0.05, 0.1) is 0 Å². The van der Waals surface area contributed by atoms with E-state index in [0.717, 1.165) is 11.2 Å². The van der Waals surface area contributed by atoms with Gasteiger partial charge in [0, 0.05) is 5.33 Å². The molecule has 0 spiro atoms. The maximum atomic E-state index is 3.48. The average molecular weight is 241 g/mol. The van der Waals surface area contributed by atoms with Crippen molar-refractivity contribution >= 4 is 15.9 Å². The smallest absolute Gasteiger partial charge is 0.00338 e. The topological polar surface area (TPSA) is 0 Å². The van der Waals surface area contributed by atoms with E-state index in [-0.39, 0.29) is 0 Å². The molecular formula is C12H17Br. The molecule has 0 aliphatic carbocycles. The number of hydrogen-bond acceptors (Lipinski definition) is 0. The van der Waals surface area contributed by atoms with Gasteiger partial charge in [0.25, 0.3) is 0 Å². The van der Waals surface area contributed by atoms with Crippen molar-refractivity contribution in [2.75, 3.05) is 5.33 Å². The van der Waals surface area contributed by atoms with Gasteiger partial charge in [0.15, 0.2) is 0 Å². The summed E-state index contributed by atoms with van der Waals surface area (Å²) < 4.78 is 0. The molecular weight excluding hydrogens is 224 g/mol. The molecule has 13 heavy (non-hydrogen) atoms. The molecule has 1 rings (SSSR count). The van der Waals surface area contributed by atoms with E-state index in [0.29, 0.717) is 0 Å². The lowest BCUT2D eigenvalue weighted by molar-refractivity contribution is 0.522. The van der Waals surface area contributed by atoms with E-state index < -0.39 is 0 Å². The highest BCUT2D eigenvalue weighted by Crippen LogP contribution is 2.13. The molecule has 0 nitrogen and oxygen atoms in total. The quantitative estimate of drug-likeness (QED) is 0.682. The van der Waals surface area contributed by atoms with E-state index in [1.807, 2.05) is 0 Å². The third-order valence-electron chi connectivity index (χ3n) is 2.37. The van der Waals surface area contributed by atoms with Gasteiger partial charge in [-0.2, -0.15) is 0 Å². The fourth-order valence-electron chi connectivity index (χ4n) is 1.39. The molecule has 0 aromatic heterocycles. The summed E-state index contributed by atoms with van der Waals surface area (Å²) in [4.78, 5) is 0. The minimum absolute atomic E-state index is 0.833. The maximum absolute atomic E-state index is 3.48. The third kappa shape index (κ3) is 4.47. The normalized spacial score (nSPS) is 12.8. The van der Waals surface area contributed by atoms with Gasteiger partial charge in [0.2, 0.25) is 0 Å². The fraction of sp³-hybridized carbons (Fsp3) is 0.500. The number of hydrogen-bond donors (Lipinski definition) is 0. The predicted molar refractivity (Wildman–Crippen MR) is 62.3 cm³/mol. The first kappa shape index (κ1) is 10.8. The van der Waals surface area contributed by atoms with Gasteiger partial charge in [0.1, 0.15) is 0 Å². The fourth-order valence-corrected chi connectivity index (χ4v) is 2.17. The van der Waals surface area contributed by atoms with Gasteiger partial charge in [-0.25, -0.2) is 0 Å². The summed E-state index contributed by atoms with van der Waals surface area (Å²) in [6.07, 6.45) is 3.80. The van der Waals surface area contributed by atoms with Crippen LogP contribution in [0.5, 0.6) is 0 Å². The molecule has 0 saturated heterocycles. The first-order valence-corrected chi connectivity index (χ1v) is 6.05. The number of aryl methyl sites for hydroxylation is 1. The SMILES string of the molecule is C[C@@H](CCBr)CCc1ccccc1. The zero-order valence-corrected chi connectivity index (χ0v) is 9.76. The first-order valence-electron chi connectivity index (χ1n) is 4.93. The minimum Gasteiger partial charge on any atom is -0.0928 e. The van der Waals surface area contributed by atoms with Gasteiger partial charge in [-0.1, -0.05) is 53.2 Å². The second-order valence-corrected chi connectivity index (χ2v) is 4.40. The summed E-state index contributed by atoms with van der Waals surface area (Å²) in [6, 6.07) is 10.7. The van der Waals surface area contributed by atoms with E-state index >= 15 is 0 Å². The van der Waals surface area contributed by atoms with Gasteiger partial charge in [-0.15, -0.1) is 0 Å². The second-order valence-electron chi connectivity index (χ2n) is 3.61. The lowest BCUT2D eigenvalue weighted by atomic mass is 9.99. The van der Waals surface area contributed by atoms with Gasteiger partial charge in [-0.05, 0) is 30.7 Å². The highest BCUT2D eigenvalue weighted by atomic mass is 79.9. The van der Waals surface area contributed by atoms with Crippen molar-refractivity contribution in [2.24, 2.45) is 5.92 Å². The molecule has 0 saturated carbocycles. The second kappa shape index (κ2) is 6.20. The van der Waals surface area contributed by atoms with E-state index in [1.54, 1.807) is 0 Å². The number of halogens is 1. The first-order chi connectivity index (χ1) is 6.33. The highest BCUT2D eigenvalue weighted by molar-refractivity contribution is 9.09. The van der Waals surface area contributed by atoms with E-state index in [2.05, 4.69) is 53.2 Å². The predicted octanol–water partition coefficient (Wildman–Crippen LogP) is 4.04. The lowest BCUT2D eigenvalue weighted by Gasteiger charge is -2.08. The summed E-state index contributed by atoms with van der Waals surface area (Å²) in [7, 11) is 0. The maximum Gasteiger partial charge on any atom is 0.00338 e. The molecule has 0 aliphatic heterocycles. The number of benzene rings is 1. The Balaban J connectivity index is 2.27. The molecule has 0 heterocycles. The summed E-state index contributed by atoms with van der Waals surface area (Å²) in [5.74, 6) is 0.833. The van der Waals surface area contributed by atoms with Gasteiger partial charge >= 0.3 is 0 Å². The molecule has 0 bridgehead atoms. The highest BCUT2D eigenvalue weighted by Gasteiger charge is 2.00. The van der Waals surface area contributed by atoms with Crippen LogP contribution in [-0.4, -0.2) is 5.33 Å². The molecule has 1 atom stereocenters. The largest absolute Gasteiger partial charge is 0.0928 e. The molecule has 1 aromatic carbocycles. The van der Waals surface area contributed by atoms with E-state index in [4.69, 9.17) is 0 Å². The van der Waals surface area contributed by atoms with Crippen LogP contribution < -0.4 is 0 Å².